The zero-order valence-electron chi connectivity index (χ0n) is 23.0. The van der Waals surface area contributed by atoms with Gasteiger partial charge in [0.2, 0.25) is 11.8 Å². The Labute approximate surface area is 243 Å². The molecule has 43 heavy (non-hydrogen) atoms. The Balaban J connectivity index is 1.44. The monoisotopic (exact) mass is 594 g/mol. The number of pyridine rings is 1. The van der Waals surface area contributed by atoms with E-state index < -0.39 is 47.8 Å². The van der Waals surface area contributed by atoms with Crippen molar-refractivity contribution in [1.82, 2.24) is 25.1 Å². The quantitative estimate of drug-likeness (QED) is 0.322. The molecule has 0 radical (unpaired) electrons. The average Bonchev–Trinajstić information content (AvgIpc) is 3.33. The lowest BCUT2D eigenvalue weighted by molar-refractivity contribution is -0.175. The first-order chi connectivity index (χ1) is 20.3. The van der Waals surface area contributed by atoms with Crippen molar-refractivity contribution in [1.29, 1.82) is 5.26 Å². The minimum absolute atomic E-state index is 0.0611. The number of amides is 3. The van der Waals surface area contributed by atoms with E-state index in [9.17, 15) is 37.2 Å². The van der Waals surface area contributed by atoms with Crippen molar-refractivity contribution >= 4 is 23.2 Å². The number of benzene rings is 1. The number of terminal acetylenes is 1. The first kappa shape index (κ1) is 29.6. The summed E-state index contributed by atoms with van der Waals surface area (Å²) in [5.74, 6) is -2.44. The Bertz CT molecular complexity index is 1680. The predicted octanol–water partition coefficient (Wildman–Crippen LogP) is 2.91. The molecule has 5 atom stereocenters. The minimum atomic E-state index is -5.27. The normalized spacial score (nSPS) is 21.7. The van der Waals surface area contributed by atoms with Crippen LogP contribution in [0.15, 0.2) is 48.8 Å². The maximum absolute atomic E-state index is 13.8. The van der Waals surface area contributed by atoms with Crippen LogP contribution in [-0.2, 0) is 20.8 Å². The SMILES string of the molecule is C#Cc1cccn2ncc(C(C#N)NC(=O)[C@@H]3[C@@H]4[C@H](CN3C(=O)[C@H](Cc3ccc(F)cc3)NC(=O)C(F)(F)F)C4(C)C)c12. The molecule has 2 aromatic heterocycles. The number of alkyl halides is 3. The zero-order chi connectivity index (χ0) is 31.3. The lowest BCUT2D eigenvalue weighted by Gasteiger charge is -2.33. The van der Waals surface area contributed by atoms with Crippen LogP contribution < -0.4 is 10.6 Å². The van der Waals surface area contributed by atoms with Crippen molar-refractivity contribution in [2.24, 2.45) is 17.3 Å². The summed E-state index contributed by atoms with van der Waals surface area (Å²) in [6, 6.07) is 6.08. The molecule has 2 N–H and O–H groups in total. The highest BCUT2D eigenvalue weighted by molar-refractivity contribution is 5.95. The Morgan fingerprint density at radius 1 is 1.19 bits per heavy atom. The van der Waals surface area contributed by atoms with Gasteiger partial charge in [-0.1, -0.05) is 31.9 Å². The molecular formula is C30H26F4N6O3. The number of nitrogens with zero attached hydrogens (tertiary/aromatic N) is 4. The summed E-state index contributed by atoms with van der Waals surface area (Å²) in [5, 5.41) is 18.6. The van der Waals surface area contributed by atoms with E-state index >= 15 is 0 Å². The van der Waals surface area contributed by atoms with Crippen LogP contribution in [0.25, 0.3) is 5.52 Å². The highest BCUT2D eigenvalue weighted by atomic mass is 19.4. The van der Waals surface area contributed by atoms with Gasteiger partial charge in [0.15, 0.2) is 0 Å². The fourth-order valence-corrected chi connectivity index (χ4v) is 6.11. The molecule has 3 amide bonds. The van der Waals surface area contributed by atoms with Gasteiger partial charge >= 0.3 is 12.1 Å². The zero-order valence-corrected chi connectivity index (χ0v) is 23.0. The molecule has 1 aromatic carbocycles. The van der Waals surface area contributed by atoms with Crippen molar-refractivity contribution in [3.63, 3.8) is 0 Å². The lowest BCUT2D eigenvalue weighted by Crippen LogP contribution is -2.57. The van der Waals surface area contributed by atoms with Gasteiger partial charge in [-0.05, 0) is 47.1 Å². The van der Waals surface area contributed by atoms with Gasteiger partial charge in [0.05, 0.1) is 23.3 Å². The molecule has 13 heteroatoms. The molecule has 0 spiro atoms. The van der Waals surface area contributed by atoms with Crippen LogP contribution in [-0.4, -0.2) is 57.0 Å². The Kier molecular flexibility index (Phi) is 7.38. The third kappa shape index (κ3) is 5.39. The van der Waals surface area contributed by atoms with Gasteiger partial charge in [-0.2, -0.15) is 23.5 Å². The molecule has 1 saturated heterocycles. The van der Waals surface area contributed by atoms with Crippen LogP contribution in [0.4, 0.5) is 17.6 Å². The maximum atomic E-state index is 13.8. The highest BCUT2D eigenvalue weighted by Gasteiger charge is 2.69. The van der Waals surface area contributed by atoms with E-state index in [0.29, 0.717) is 22.2 Å². The Morgan fingerprint density at radius 3 is 2.51 bits per heavy atom. The van der Waals surface area contributed by atoms with Crippen molar-refractivity contribution in [2.45, 2.75) is 44.6 Å². The number of hydrogen-bond donors (Lipinski definition) is 2. The molecule has 1 aliphatic heterocycles. The van der Waals surface area contributed by atoms with Gasteiger partial charge in [-0.3, -0.25) is 14.4 Å². The van der Waals surface area contributed by atoms with Crippen LogP contribution in [0.3, 0.4) is 0 Å². The first-order valence-corrected chi connectivity index (χ1v) is 13.3. The second-order valence-electron chi connectivity index (χ2n) is 11.3. The molecule has 2 fully saturated rings. The van der Waals surface area contributed by atoms with E-state index in [1.54, 1.807) is 23.6 Å². The van der Waals surface area contributed by atoms with Gasteiger partial charge in [-0.25, -0.2) is 8.91 Å². The van der Waals surface area contributed by atoms with E-state index in [1.807, 2.05) is 19.9 Å². The third-order valence-corrected chi connectivity index (χ3v) is 8.43. The minimum Gasteiger partial charge on any atom is -0.336 e. The molecule has 3 aromatic rings. The number of fused-ring (bicyclic) bond motifs is 2. The number of nitriles is 1. The summed E-state index contributed by atoms with van der Waals surface area (Å²) in [7, 11) is 0. The molecule has 1 unspecified atom stereocenters. The maximum Gasteiger partial charge on any atom is 0.471 e. The van der Waals surface area contributed by atoms with Gasteiger partial charge in [0, 0.05) is 24.7 Å². The van der Waals surface area contributed by atoms with Crippen molar-refractivity contribution in [3.05, 3.63) is 71.3 Å². The number of hydrogen-bond acceptors (Lipinski definition) is 5. The molecule has 3 heterocycles. The molecule has 222 valence electrons. The third-order valence-electron chi connectivity index (χ3n) is 8.43. The summed E-state index contributed by atoms with van der Waals surface area (Å²) < 4.78 is 54.5. The lowest BCUT2D eigenvalue weighted by atomic mass is 9.97. The summed E-state index contributed by atoms with van der Waals surface area (Å²) in [4.78, 5) is 40.7. The van der Waals surface area contributed by atoms with Crippen LogP contribution >= 0.6 is 0 Å². The topological polar surface area (TPSA) is 120 Å². The van der Waals surface area contributed by atoms with Crippen molar-refractivity contribution in [3.8, 4) is 18.4 Å². The molecule has 0 bridgehead atoms. The van der Waals surface area contributed by atoms with Gasteiger partial charge in [0.1, 0.15) is 23.9 Å². The number of carbonyl (C=O) groups excluding carboxylic acids is 3. The van der Waals surface area contributed by atoms with E-state index in [-0.39, 0.29) is 30.2 Å². The largest absolute Gasteiger partial charge is 0.471 e. The number of carbonyl (C=O) groups is 3. The fraction of sp³-hybridized carbons (Fsp3) is 0.367. The van der Waals surface area contributed by atoms with E-state index in [0.717, 1.165) is 17.0 Å². The standard InChI is InChI=1S/C30H26F4N6O3/c1-4-17-6-5-11-40-24(17)19(14-36-40)22(13-35)37-26(41)25-23-20(29(23,2)3)15-39(25)27(42)21(38-28(43)30(32,33)34)12-16-7-9-18(31)10-8-16/h1,5-11,14,20-23,25H,12,15H2,2-3H3,(H,37,41)(H,38,43)/t20-,21-,22?,23-,25-/m0/s1. The molecule has 2 aliphatic rings. The summed E-state index contributed by atoms with van der Waals surface area (Å²) >= 11 is 0. The van der Waals surface area contributed by atoms with E-state index in [1.165, 1.54) is 22.8 Å². The van der Waals surface area contributed by atoms with Crippen LogP contribution in [0.5, 0.6) is 0 Å². The van der Waals surface area contributed by atoms with Gasteiger partial charge < -0.3 is 15.5 Å². The Morgan fingerprint density at radius 2 is 1.88 bits per heavy atom. The molecule has 1 saturated carbocycles. The van der Waals surface area contributed by atoms with Gasteiger partial charge in [0.25, 0.3) is 0 Å². The number of rotatable bonds is 7. The van der Waals surface area contributed by atoms with Crippen LogP contribution in [0, 0.1) is 46.7 Å². The van der Waals surface area contributed by atoms with Crippen LogP contribution in [0.2, 0.25) is 0 Å². The predicted molar refractivity (Wildman–Crippen MR) is 144 cm³/mol. The fourth-order valence-electron chi connectivity index (χ4n) is 6.11. The summed E-state index contributed by atoms with van der Waals surface area (Å²) in [6.07, 6.45) is 3.01. The van der Waals surface area contributed by atoms with E-state index in [4.69, 9.17) is 6.42 Å². The molecule has 1 aliphatic carbocycles. The first-order valence-electron chi connectivity index (χ1n) is 13.3. The highest BCUT2D eigenvalue weighted by Crippen LogP contribution is 2.65. The Hall–Kier alpha value is -4.91. The smallest absolute Gasteiger partial charge is 0.336 e. The van der Waals surface area contributed by atoms with E-state index in [2.05, 4.69) is 16.3 Å². The summed E-state index contributed by atoms with van der Waals surface area (Å²) in [6.45, 7) is 3.89. The molecular weight excluding hydrogens is 568 g/mol. The molecule has 9 nitrogen and oxygen atoms in total. The average molecular weight is 595 g/mol. The second-order valence-corrected chi connectivity index (χ2v) is 11.3. The van der Waals surface area contributed by atoms with Gasteiger partial charge in [-0.15, -0.1) is 6.42 Å². The summed E-state index contributed by atoms with van der Waals surface area (Å²) in [5.41, 5.74) is 1.15. The van der Waals surface area contributed by atoms with Crippen molar-refractivity contribution < 1.29 is 31.9 Å². The number of aromatic nitrogens is 2. The number of nitrogens with one attached hydrogen (secondary N) is 2. The number of likely N-dealkylation sites (tertiary alicyclic amines) is 1. The second kappa shape index (κ2) is 10.7. The number of halogens is 4. The van der Waals surface area contributed by atoms with Crippen molar-refractivity contribution in [2.75, 3.05) is 6.54 Å². The van der Waals surface area contributed by atoms with Crippen LogP contribution in [0.1, 0.15) is 36.6 Å². The number of piperidine rings is 1. The molecule has 5 rings (SSSR count).